The second-order valence-electron chi connectivity index (χ2n) is 6.29. The number of carbonyl (C=O) groups excluding carboxylic acids is 2. The average molecular weight is 396 g/mol. The van der Waals surface area contributed by atoms with Crippen molar-refractivity contribution < 1.29 is 14.0 Å². The van der Waals surface area contributed by atoms with E-state index < -0.39 is 0 Å². The van der Waals surface area contributed by atoms with Crippen LogP contribution in [0, 0.1) is 5.82 Å². The minimum Gasteiger partial charge on any atom is -0.352 e. The molecule has 4 nitrogen and oxygen atoms in total. The molecule has 144 valence electrons. The summed E-state index contributed by atoms with van der Waals surface area (Å²) in [6, 6.07) is 18.7. The van der Waals surface area contributed by atoms with Gasteiger partial charge in [-0.05, 0) is 47.7 Å². The predicted molar refractivity (Wildman–Crippen MR) is 109 cm³/mol. The highest BCUT2D eigenvalue weighted by Gasteiger charge is 2.18. The molecule has 2 N–H and O–H groups in total. The molecule has 28 heavy (non-hydrogen) atoms. The molecule has 0 bridgehead atoms. The van der Waals surface area contributed by atoms with Crippen LogP contribution in [0.5, 0.6) is 0 Å². The van der Waals surface area contributed by atoms with E-state index in [4.69, 9.17) is 0 Å². The van der Waals surface area contributed by atoms with Crippen molar-refractivity contribution in [2.75, 3.05) is 6.54 Å². The van der Waals surface area contributed by atoms with Gasteiger partial charge in [-0.1, -0.05) is 36.4 Å². The van der Waals surface area contributed by atoms with E-state index in [1.165, 1.54) is 23.5 Å². The fourth-order valence-electron chi connectivity index (χ4n) is 2.81. The summed E-state index contributed by atoms with van der Waals surface area (Å²) >= 11 is 1.54. The van der Waals surface area contributed by atoms with Crippen LogP contribution in [0.4, 0.5) is 4.39 Å². The molecular weight excluding hydrogens is 375 g/mol. The lowest BCUT2D eigenvalue weighted by atomic mass is 10.0. The van der Waals surface area contributed by atoms with E-state index in [9.17, 15) is 14.0 Å². The molecule has 0 aliphatic rings. The standard InChI is InChI=1S/C22H21FN2O2S/c23-18-12-10-16(11-13-18)21(19-8-5-15-28-19)25-20(26)9-4-14-24-22(27)17-6-2-1-3-7-17/h1-3,5-8,10-13,15,21H,4,9,14H2,(H,24,27)(H,25,26). The monoisotopic (exact) mass is 396 g/mol. The van der Waals surface area contributed by atoms with Gasteiger partial charge in [-0.15, -0.1) is 11.3 Å². The first-order valence-electron chi connectivity index (χ1n) is 9.05. The number of halogens is 1. The maximum Gasteiger partial charge on any atom is 0.251 e. The Kier molecular flexibility index (Phi) is 6.92. The third-order valence-corrected chi connectivity index (χ3v) is 5.18. The largest absolute Gasteiger partial charge is 0.352 e. The molecule has 0 fully saturated rings. The Balaban J connectivity index is 1.51. The molecule has 3 rings (SSSR count). The fraction of sp³-hybridized carbons (Fsp3) is 0.182. The van der Waals surface area contributed by atoms with Gasteiger partial charge in [0, 0.05) is 23.4 Å². The number of nitrogens with one attached hydrogen (secondary N) is 2. The summed E-state index contributed by atoms with van der Waals surface area (Å²) in [5, 5.41) is 7.77. The van der Waals surface area contributed by atoms with Gasteiger partial charge in [0.15, 0.2) is 0 Å². The van der Waals surface area contributed by atoms with Crippen LogP contribution in [0.2, 0.25) is 0 Å². The zero-order valence-electron chi connectivity index (χ0n) is 15.2. The summed E-state index contributed by atoms with van der Waals surface area (Å²) in [6.07, 6.45) is 0.823. The highest BCUT2D eigenvalue weighted by Crippen LogP contribution is 2.26. The van der Waals surface area contributed by atoms with Crippen molar-refractivity contribution in [3.8, 4) is 0 Å². The van der Waals surface area contributed by atoms with Gasteiger partial charge >= 0.3 is 0 Å². The van der Waals surface area contributed by atoms with E-state index >= 15 is 0 Å². The molecule has 2 aromatic carbocycles. The molecule has 3 aromatic rings. The van der Waals surface area contributed by atoms with Crippen LogP contribution in [-0.2, 0) is 4.79 Å². The van der Waals surface area contributed by atoms with Crippen LogP contribution in [0.25, 0.3) is 0 Å². The summed E-state index contributed by atoms with van der Waals surface area (Å²) in [6.45, 7) is 0.418. The van der Waals surface area contributed by atoms with Crippen LogP contribution >= 0.6 is 11.3 Å². The Labute approximate surface area is 167 Å². The molecule has 0 spiro atoms. The van der Waals surface area contributed by atoms with Crippen molar-refractivity contribution in [1.82, 2.24) is 10.6 Å². The van der Waals surface area contributed by atoms with E-state index in [0.717, 1.165) is 10.4 Å². The number of hydrogen-bond donors (Lipinski definition) is 2. The molecule has 6 heteroatoms. The smallest absolute Gasteiger partial charge is 0.251 e. The summed E-state index contributed by atoms with van der Waals surface area (Å²) < 4.78 is 13.2. The molecule has 0 saturated heterocycles. The topological polar surface area (TPSA) is 58.2 Å². The summed E-state index contributed by atoms with van der Waals surface area (Å²) in [4.78, 5) is 25.4. The zero-order valence-corrected chi connectivity index (χ0v) is 16.0. The lowest BCUT2D eigenvalue weighted by molar-refractivity contribution is -0.121. The van der Waals surface area contributed by atoms with E-state index in [1.807, 2.05) is 35.7 Å². The van der Waals surface area contributed by atoms with Crippen LogP contribution in [0.1, 0.15) is 39.7 Å². The maximum absolute atomic E-state index is 13.2. The maximum atomic E-state index is 13.2. The number of benzene rings is 2. The van der Waals surface area contributed by atoms with Crippen molar-refractivity contribution in [3.63, 3.8) is 0 Å². The summed E-state index contributed by atoms with van der Waals surface area (Å²) in [5.74, 6) is -0.574. The molecule has 0 saturated carbocycles. The van der Waals surface area contributed by atoms with Crippen molar-refractivity contribution in [1.29, 1.82) is 0 Å². The molecule has 1 atom stereocenters. The molecule has 1 aromatic heterocycles. The van der Waals surface area contributed by atoms with Crippen LogP contribution in [-0.4, -0.2) is 18.4 Å². The van der Waals surface area contributed by atoms with Gasteiger partial charge in [0.2, 0.25) is 5.91 Å². The summed E-state index contributed by atoms with van der Waals surface area (Å²) in [5.41, 5.74) is 1.43. The van der Waals surface area contributed by atoms with Gasteiger partial charge in [0.05, 0.1) is 6.04 Å². The van der Waals surface area contributed by atoms with Gasteiger partial charge in [-0.25, -0.2) is 4.39 Å². The first-order valence-corrected chi connectivity index (χ1v) is 9.93. The van der Waals surface area contributed by atoms with Crippen LogP contribution in [0.15, 0.2) is 72.1 Å². The lowest BCUT2D eigenvalue weighted by Crippen LogP contribution is -2.30. The fourth-order valence-corrected chi connectivity index (χ4v) is 3.61. The second kappa shape index (κ2) is 9.80. The van der Waals surface area contributed by atoms with Crippen LogP contribution < -0.4 is 10.6 Å². The Morgan fingerprint density at radius 1 is 0.964 bits per heavy atom. The van der Waals surface area contributed by atoms with E-state index in [-0.39, 0.29) is 30.1 Å². The highest BCUT2D eigenvalue weighted by molar-refractivity contribution is 7.10. The Bertz CT molecular complexity index is 896. The molecule has 0 aliphatic heterocycles. The Hall–Kier alpha value is -2.99. The minimum atomic E-state index is -0.313. The third-order valence-electron chi connectivity index (χ3n) is 4.24. The summed E-state index contributed by atoms with van der Waals surface area (Å²) in [7, 11) is 0. The number of hydrogen-bond acceptors (Lipinski definition) is 3. The average Bonchev–Trinajstić information content (AvgIpc) is 3.25. The quantitative estimate of drug-likeness (QED) is 0.558. The number of amides is 2. The van der Waals surface area contributed by atoms with E-state index in [1.54, 1.807) is 24.3 Å². The normalized spacial score (nSPS) is 11.6. The van der Waals surface area contributed by atoms with Crippen molar-refractivity contribution in [2.45, 2.75) is 18.9 Å². The highest BCUT2D eigenvalue weighted by atomic mass is 32.1. The molecule has 1 heterocycles. The first kappa shape index (κ1) is 19.8. The predicted octanol–water partition coefficient (Wildman–Crippen LogP) is 4.30. The van der Waals surface area contributed by atoms with Crippen LogP contribution in [0.3, 0.4) is 0 Å². The van der Waals surface area contributed by atoms with Gasteiger partial charge < -0.3 is 10.6 Å². The van der Waals surface area contributed by atoms with E-state index in [0.29, 0.717) is 18.5 Å². The van der Waals surface area contributed by atoms with Gasteiger partial charge in [-0.3, -0.25) is 9.59 Å². The number of carbonyl (C=O) groups is 2. The number of rotatable bonds is 8. The molecule has 1 unspecified atom stereocenters. The minimum absolute atomic E-state index is 0.114. The zero-order chi connectivity index (χ0) is 19.8. The Morgan fingerprint density at radius 3 is 2.39 bits per heavy atom. The second-order valence-corrected chi connectivity index (χ2v) is 7.27. The van der Waals surface area contributed by atoms with Gasteiger partial charge in [0.25, 0.3) is 5.91 Å². The molecular formula is C22H21FN2O2S. The van der Waals surface area contributed by atoms with Crippen molar-refractivity contribution in [3.05, 3.63) is 93.9 Å². The van der Waals surface area contributed by atoms with E-state index in [2.05, 4.69) is 10.6 Å². The molecule has 0 aliphatic carbocycles. The Morgan fingerprint density at radius 2 is 1.71 bits per heavy atom. The van der Waals surface area contributed by atoms with Gasteiger partial charge in [0.1, 0.15) is 5.82 Å². The third kappa shape index (κ3) is 5.50. The van der Waals surface area contributed by atoms with Crippen molar-refractivity contribution in [2.24, 2.45) is 0 Å². The van der Waals surface area contributed by atoms with Gasteiger partial charge in [-0.2, -0.15) is 0 Å². The molecule has 2 amide bonds. The van der Waals surface area contributed by atoms with Crippen molar-refractivity contribution >= 4 is 23.2 Å². The first-order chi connectivity index (χ1) is 13.6. The lowest BCUT2D eigenvalue weighted by Gasteiger charge is -2.18. The number of thiophene rings is 1. The SMILES string of the molecule is O=C(CCCNC(=O)c1ccccc1)NC(c1ccc(F)cc1)c1cccs1. The molecule has 0 radical (unpaired) electrons.